The maximum absolute atomic E-state index is 14.1. The molecule has 202 valence electrons. The van der Waals surface area contributed by atoms with E-state index in [-0.39, 0.29) is 35.4 Å². The Morgan fingerprint density at radius 3 is 2.32 bits per heavy atom. The Bertz CT molecular complexity index is 1260. The smallest absolute Gasteiger partial charge is 0.416 e. The van der Waals surface area contributed by atoms with E-state index in [1.807, 2.05) is 6.92 Å². The lowest BCUT2D eigenvalue weighted by atomic mass is 10.0. The number of fused-ring (bicyclic) bond motifs is 2. The first-order valence-electron chi connectivity index (χ1n) is 12.6. The second-order valence-electron chi connectivity index (χ2n) is 10.9. The third-order valence-corrected chi connectivity index (χ3v) is 6.97. The average Bonchev–Trinajstić information content (AvgIpc) is 3.04. The zero-order chi connectivity index (χ0) is 27.8. The summed E-state index contributed by atoms with van der Waals surface area (Å²) in [7, 11) is 0. The number of ether oxygens (including phenoxy) is 1. The number of benzene rings is 2. The van der Waals surface area contributed by atoms with E-state index in [0.29, 0.717) is 18.7 Å². The normalized spacial score (nSPS) is 19.7. The summed E-state index contributed by atoms with van der Waals surface area (Å²) in [6.07, 6.45) is 2.07. The van der Waals surface area contributed by atoms with Crippen LogP contribution in [0.15, 0.2) is 36.4 Å². The lowest BCUT2D eigenvalue weighted by molar-refractivity contribution is -0.138. The number of nitrogens with zero attached hydrogens (tertiary/aromatic N) is 2. The first-order valence-corrected chi connectivity index (χ1v) is 12.6. The monoisotopic (exact) mass is 527 g/mol. The van der Waals surface area contributed by atoms with Crippen LogP contribution in [0, 0.1) is 19.3 Å². The van der Waals surface area contributed by atoms with Gasteiger partial charge in [-0.1, -0.05) is 18.1 Å². The van der Waals surface area contributed by atoms with Crippen LogP contribution in [0.1, 0.15) is 66.2 Å². The van der Waals surface area contributed by atoms with Gasteiger partial charge < -0.3 is 15.0 Å². The topological polar surface area (TPSA) is 61.9 Å². The number of alkyl halides is 3. The highest BCUT2D eigenvalue weighted by Gasteiger charge is 2.43. The van der Waals surface area contributed by atoms with Gasteiger partial charge in [-0.2, -0.15) is 13.2 Å². The summed E-state index contributed by atoms with van der Waals surface area (Å²) in [4.78, 5) is 29.0. The Morgan fingerprint density at radius 2 is 1.74 bits per heavy atom. The molecule has 4 rings (SSSR count). The van der Waals surface area contributed by atoms with Crippen molar-refractivity contribution in [1.82, 2.24) is 9.80 Å². The number of aryl methyl sites for hydroxylation is 1. The quantitative estimate of drug-likeness (QED) is 0.509. The lowest BCUT2D eigenvalue weighted by Crippen LogP contribution is -2.55. The maximum Gasteiger partial charge on any atom is 0.416 e. The van der Waals surface area contributed by atoms with E-state index in [9.17, 15) is 22.8 Å². The number of rotatable bonds is 4. The van der Waals surface area contributed by atoms with Crippen molar-refractivity contribution < 1.29 is 27.5 Å². The third kappa shape index (κ3) is 6.13. The minimum absolute atomic E-state index is 0.0476. The average molecular weight is 528 g/mol. The van der Waals surface area contributed by atoms with Gasteiger partial charge in [-0.25, -0.2) is 4.79 Å². The number of hydrogen-bond acceptors (Lipinski definition) is 4. The van der Waals surface area contributed by atoms with Crippen molar-refractivity contribution in [3.63, 3.8) is 0 Å². The number of carbonyl (C=O) groups excluding carboxylic acids is 2. The van der Waals surface area contributed by atoms with Crippen molar-refractivity contribution in [1.29, 1.82) is 0 Å². The fraction of sp³-hybridized carbons (Fsp3) is 0.448. The minimum atomic E-state index is -4.60. The van der Waals surface area contributed by atoms with Gasteiger partial charge in [0.05, 0.1) is 5.56 Å². The van der Waals surface area contributed by atoms with Gasteiger partial charge in [0.25, 0.3) is 5.91 Å². The van der Waals surface area contributed by atoms with Gasteiger partial charge in [0, 0.05) is 48.5 Å². The number of piperazine rings is 1. The number of nitrogens with one attached hydrogen (secondary N) is 1. The van der Waals surface area contributed by atoms with Crippen LogP contribution in [-0.2, 0) is 17.5 Å². The molecule has 0 aliphatic carbocycles. The van der Waals surface area contributed by atoms with E-state index in [2.05, 4.69) is 16.1 Å². The Labute approximate surface area is 221 Å². The molecule has 2 aromatic rings. The van der Waals surface area contributed by atoms with Crippen LogP contribution in [0.5, 0.6) is 0 Å². The van der Waals surface area contributed by atoms with Crippen LogP contribution >= 0.6 is 0 Å². The van der Waals surface area contributed by atoms with Crippen molar-refractivity contribution in [3.05, 3.63) is 64.2 Å². The van der Waals surface area contributed by atoms with E-state index < -0.39 is 29.3 Å². The zero-order valence-corrected chi connectivity index (χ0v) is 22.0. The molecule has 0 aromatic heterocycles. The summed E-state index contributed by atoms with van der Waals surface area (Å²) in [6.45, 7) is 8.15. The Kier molecular flexibility index (Phi) is 7.48. The molecular formula is C29H32F3N3O3. The molecule has 2 aliphatic heterocycles. The van der Waals surface area contributed by atoms with Crippen LogP contribution in [-0.4, -0.2) is 52.6 Å². The highest BCUT2D eigenvalue weighted by Crippen LogP contribution is 2.38. The summed E-state index contributed by atoms with van der Waals surface area (Å²) >= 11 is 0. The molecule has 0 saturated carbocycles. The molecule has 2 aromatic carbocycles. The van der Waals surface area contributed by atoms with E-state index >= 15 is 0 Å². The van der Waals surface area contributed by atoms with E-state index in [4.69, 9.17) is 11.2 Å². The largest absolute Gasteiger partial charge is 0.444 e. The Morgan fingerprint density at radius 1 is 1.08 bits per heavy atom. The highest BCUT2D eigenvalue weighted by molar-refractivity contribution is 6.04. The molecular weight excluding hydrogens is 495 g/mol. The molecule has 9 heteroatoms. The summed E-state index contributed by atoms with van der Waals surface area (Å²) < 4.78 is 47.8. The molecule has 2 atom stereocenters. The van der Waals surface area contributed by atoms with Crippen LogP contribution in [0.25, 0.3) is 0 Å². The number of terminal acetylenes is 1. The molecule has 2 unspecified atom stereocenters. The van der Waals surface area contributed by atoms with Crippen molar-refractivity contribution in [2.75, 3.05) is 18.4 Å². The summed E-state index contributed by atoms with van der Waals surface area (Å²) in [5, 5.41) is 2.56. The summed E-state index contributed by atoms with van der Waals surface area (Å²) in [5.41, 5.74) is 0.404. The SMILES string of the molecule is C#Cc1cc(C(=O)Nc2ccc(CN3C4CCC3CN(C(=O)OC(C)(C)C)C4)c(C(F)(F)F)c2)ccc1C. The Balaban J connectivity index is 1.50. The number of amides is 2. The number of carbonyl (C=O) groups is 2. The van der Waals surface area contributed by atoms with Crippen LogP contribution < -0.4 is 5.32 Å². The first kappa shape index (κ1) is 27.5. The molecule has 0 spiro atoms. The van der Waals surface area contributed by atoms with Gasteiger partial charge in [-0.15, -0.1) is 6.42 Å². The molecule has 2 saturated heterocycles. The zero-order valence-electron chi connectivity index (χ0n) is 22.0. The third-order valence-electron chi connectivity index (χ3n) is 6.97. The number of halogens is 3. The first-order chi connectivity index (χ1) is 17.7. The van der Waals surface area contributed by atoms with Gasteiger partial charge in [0.1, 0.15) is 5.60 Å². The molecule has 6 nitrogen and oxygen atoms in total. The molecule has 38 heavy (non-hydrogen) atoms. The van der Waals surface area contributed by atoms with Crippen molar-refractivity contribution in [2.45, 2.75) is 70.9 Å². The standard InChI is InChI=1S/C29H32F3N3O3/c1-6-19-13-20(8-7-18(19)2)26(36)33-22-10-9-21(25(14-22)29(30,31)32)15-35-23-11-12-24(35)17-34(16-23)27(37)38-28(3,4)5/h1,7-10,13-14,23-24H,11-12,15-17H2,2-5H3,(H,33,36). The van der Waals surface area contributed by atoms with Gasteiger partial charge in [0.15, 0.2) is 0 Å². The summed E-state index contributed by atoms with van der Waals surface area (Å²) in [5.74, 6) is 1.96. The molecule has 1 N–H and O–H groups in total. The second kappa shape index (κ2) is 10.3. The van der Waals surface area contributed by atoms with Crippen molar-refractivity contribution in [2.24, 2.45) is 0 Å². The minimum Gasteiger partial charge on any atom is -0.444 e. The predicted octanol–water partition coefficient (Wildman–Crippen LogP) is 5.83. The fourth-order valence-electron chi connectivity index (χ4n) is 5.10. The highest BCUT2D eigenvalue weighted by atomic mass is 19.4. The van der Waals surface area contributed by atoms with E-state index in [0.717, 1.165) is 24.5 Å². The van der Waals surface area contributed by atoms with Crippen molar-refractivity contribution >= 4 is 17.7 Å². The van der Waals surface area contributed by atoms with Gasteiger partial charge >= 0.3 is 12.3 Å². The molecule has 2 bridgehead atoms. The molecule has 2 amide bonds. The van der Waals surface area contributed by atoms with Crippen LogP contribution in [0.4, 0.5) is 23.7 Å². The molecule has 2 fully saturated rings. The van der Waals surface area contributed by atoms with E-state index in [1.54, 1.807) is 37.8 Å². The Hall–Kier alpha value is -3.51. The van der Waals surface area contributed by atoms with Gasteiger partial charge in [0.2, 0.25) is 0 Å². The lowest BCUT2D eigenvalue weighted by Gasteiger charge is -2.41. The number of hydrogen-bond donors (Lipinski definition) is 1. The molecule has 2 aliphatic rings. The maximum atomic E-state index is 14.1. The predicted molar refractivity (Wildman–Crippen MR) is 139 cm³/mol. The summed E-state index contributed by atoms with van der Waals surface area (Å²) in [6, 6.07) is 8.60. The van der Waals surface area contributed by atoms with Crippen molar-refractivity contribution in [3.8, 4) is 12.3 Å². The van der Waals surface area contributed by atoms with E-state index in [1.165, 1.54) is 18.2 Å². The van der Waals surface area contributed by atoms with Crippen LogP contribution in [0.3, 0.4) is 0 Å². The molecule has 0 radical (unpaired) electrons. The van der Waals surface area contributed by atoms with Gasteiger partial charge in [-0.3, -0.25) is 9.69 Å². The van der Waals surface area contributed by atoms with Gasteiger partial charge in [-0.05, 0) is 75.9 Å². The fourth-order valence-corrected chi connectivity index (χ4v) is 5.10. The number of anilines is 1. The number of likely N-dealkylation sites (tertiary alicyclic amines) is 1. The second-order valence-corrected chi connectivity index (χ2v) is 10.9. The molecule has 2 heterocycles. The van der Waals surface area contributed by atoms with Crippen LogP contribution in [0.2, 0.25) is 0 Å².